The van der Waals surface area contributed by atoms with Crippen LogP contribution in [-0.2, 0) is 0 Å². The van der Waals surface area contributed by atoms with E-state index in [1.165, 1.54) is 12.8 Å². The summed E-state index contributed by atoms with van der Waals surface area (Å²) in [4.78, 5) is 0. The Kier molecular flexibility index (Phi) is 2.90. The summed E-state index contributed by atoms with van der Waals surface area (Å²) in [7, 11) is 0. The van der Waals surface area contributed by atoms with Crippen molar-refractivity contribution in [2.24, 2.45) is 0 Å². The Balaban J connectivity index is 2.12. The van der Waals surface area contributed by atoms with Crippen LogP contribution in [0, 0.1) is 0 Å². The van der Waals surface area contributed by atoms with E-state index in [2.05, 4.69) is 17.6 Å². The largest absolute Gasteiger partial charge is 0.392 e. The van der Waals surface area contributed by atoms with Crippen LogP contribution in [0.5, 0.6) is 0 Å². The van der Waals surface area contributed by atoms with Gasteiger partial charge in [0.25, 0.3) is 0 Å². The van der Waals surface area contributed by atoms with Gasteiger partial charge in [-0.1, -0.05) is 0 Å². The summed E-state index contributed by atoms with van der Waals surface area (Å²) in [6.45, 7) is 4.39. The lowest BCUT2D eigenvalue weighted by atomic mass is 10.3. The van der Waals surface area contributed by atoms with Gasteiger partial charge < -0.3 is 15.7 Å². The van der Waals surface area contributed by atoms with Gasteiger partial charge in [0, 0.05) is 12.1 Å². The van der Waals surface area contributed by atoms with Crippen LogP contribution in [0.4, 0.5) is 0 Å². The molecule has 12 heavy (non-hydrogen) atoms. The molecule has 0 saturated heterocycles. The van der Waals surface area contributed by atoms with Crippen molar-refractivity contribution >= 4 is 17.3 Å². The van der Waals surface area contributed by atoms with Crippen LogP contribution in [0.3, 0.4) is 0 Å². The first-order chi connectivity index (χ1) is 5.52. The van der Waals surface area contributed by atoms with E-state index < -0.39 is 0 Å². The maximum atomic E-state index is 8.97. The molecule has 70 valence electrons. The minimum absolute atomic E-state index is 0.225. The van der Waals surface area contributed by atoms with Crippen molar-refractivity contribution in [1.82, 2.24) is 10.6 Å². The Bertz CT molecular complexity index is 178. The maximum absolute atomic E-state index is 8.97. The van der Waals surface area contributed by atoms with E-state index in [4.69, 9.17) is 17.3 Å². The van der Waals surface area contributed by atoms with E-state index >= 15 is 0 Å². The molecule has 1 atom stereocenters. The second-order valence-electron chi connectivity index (χ2n) is 3.74. The summed E-state index contributed by atoms with van der Waals surface area (Å²) >= 11 is 5.03. The van der Waals surface area contributed by atoms with Crippen LogP contribution in [0.25, 0.3) is 0 Å². The first-order valence-electron chi connectivity index (χ1n) is 4.26. The predicted molar refractivity (Wildman–Crippen MR) is 53.1 cm³/mol. The number of aliphatic hydroxyl groups excluding tert-OH is 1. The highest BCUT2D eigenvalue weighted by Crippen LogP contribution is 2.33. The van der Waals surface area contributed by atoms with Crippen molar-refractivity contribution in [3.05, 3.63) is 0 Å². The van der Waals surface area contributed by atoms with E-state index in [0.29, 0.717) is 11.7 Å². The van der Waals surface area contributed by atoms with Crippen molar-refractivity contribution < 1.29 is 5.11 Å². The van der Waals surface area contributed by atoms with Gasteiger partial charge in [0.2, 0.25) is 0 Å². The van der Waals surface area contributed by atoms with E-state index in [0.717, 1.165) is 0 Å². The highest BCUT2D eigenvalue weighted by atomic mass is 32.1. The second kappa shape index (κ2) is 3.58. The quantitative estimate of drug-likeness (QED) is 0.560. The minimum atomic E-state index is -0.350. The molecule has 0 heterocycles. The first-order valence-corrected chi connectivity index (χ1v) is 4.67. The first kappa shape index (κ1) is 9.74. The van der Waals surface area contributed by atoms with E-state index in [1.54, 1.807) is 6.92 Å². The zero-order valence-corrected chi connectivity index (χ0v) is 8.37. The lowest BCUT2D eigenvalue weighted by molar-refractivity contribution is 0.197. The van der Waals surface area contributed by atoms with Crippen LogP contribution >= 0.6 is 12.2 Å². The molecule has 4 heteroatoms. The van der Waals surface area contributed by atoms with Crippen LogP contribution in [-0.4, -0.2) is 28.4 Å². The summed E-state index contributed by atoms with van der Waals surface area (Å²) < 4.78 is 0. The summed E-state index contributed by atoms with van der Waals surface area (Å²) in [5.41, 5.74) is 0.225. The number of hydrogen-bond donors (Lipinski definition) is 3. The molecule has 0 aromatic carbocycles. The fraction of sp³-hybridized carbons (Fsp3) is 0.875. The van der Waals surface area contributed by atoms with Crippen LogP contribution in [0.1, 0.15) is 26.7 Å². The predicted octanol–water partition coefficient (Wildman–Crippen LogP) is 0.384. The average molecular weight is 188 g/mol. The highest BCUT2D eigenvalue weighted by Gasteiger charge is 2.37. The lowest BCUT2D eigenvalue weighted by Crippen LogP contribution is -2.43. The van der Waals surface area contributed by atoms with Gasteiger partial charge in [0.15, 0.2) is 5.11 Å². The van der Waals surface area contributed by atoms with E-state index in [-0.39, 0.29) is 11.6 Å². The highest BCUT2D eigenvalue weighted by molar-refractivity contribution is 7.80. The molecule has 1 aliphatic rings. The number of rotatable bonds is 3. The molecule has 0 aromatic rings. The fourth-order valence-electron chi connectivity index (χ4n) is 0.871. The molecule has 0 aliphatic heterocycles. The SMILES string of the molecule is C[C@@H](O)CNC(=S)NC1(C)CC1. The van der Waals surface area contributed by atoms with Gasteiger partial charge >= 0.3 is 0 Å². The normalized spacial score (nSPS) is 21.2. The summed E-state index contributed by atoms with van der Waals surface area (Å²) in [5.74, 6) is 0. The Morgan fingerprint density at radius 3 is 2.67 bits per heavy atom. The van der Waals surface area contributed by atoms with Gasteiger partial charge in [-0.25, -0.2) is 0 Å². The minimum Gasteiger partial charge on any atom is -0.392 e. The zero-order valence-electron chi connectivity index (χ0n) is 7.55. The van der Waals surface area contributed by atoms with Crippen LogP contribution in [0.2, 0.25) is 0 Å². The molecule has 1 rings (SSSR count). The van der Waals surface area contributed by atoms with E-state index in [1.807, 2.05) is 0 Å². The molecule has 0 spiro atoms. The molecule has 0 unspecified atom stereocenters. The standard InChI is InChI=1S/C8H16N2OS/c1-6(11)5-9-7(12)10-8(2)3-4-8/h6,11H,3-5H2,1-2H3,(H2,9,10,12)/t6-/m1/s1. The Labute approximate surface area is 78.5 Å². The molecule has 0 aromatic heterocycles. The van der Waals surface area contributed by atoms with Gasteiger partial charge in [-0.15, -0.1) is 0 Å². The Hall–Kier alpha value is -0.350. The molecule has 1 saturated carbocycles. The number of nitrogens with one attached hydrogen (secondary N) is 2. The van der Waals surface area contributed by atoms with Gasteiger partial charge in [-0.05, 0) is 38.9 Å². The number of thiocarbonyl (C=S) groups is 1. The smallest absolute Gasteiger partial charge is 0.166 e. The molecule has 0 amide bonds. The lowest BCUT2D eigenvalue weighted by Gasteiger charge is -2.16. The van der Waals surface area contributed by atoms with Crippen molar-refractivity contribution in [2.45, 2.75) is 38.3 Å². The molecule has 0 bridgehead atoms. The third-order valence-electron chi connectivity index (χ3n) is 1.97. The van der Waals surface area contributed by atoms with Crippen molar-refractivity contribution in [3.8, 4) is 0 Å². The third kappa shape index (κ3) is 3.36. The molecular weight excluding hydrogens is 172 g/mol. The van der Waals surface area contributed by atoms with Crippen molar-refractivity contribution in [3.63, 3.8) is 0 Å². The molecular formula is C8H16N2OS. The summed E-state index contributed by atoms with van der Waals surface area (Å²) in [6, 6.07) is 0. The van der Waals surface area contributed by atoms with Crippen LogP contribution < -0.4 is 10.6 Å². The average Bonchev–Trinajstić information content (AvgIpc) is 2.64. The van der Waals surface area contributed by atoms with Gasteiger partial charge in [-0.2, -0.15) is 0 Å². The fourth-order valence-corrected chi connectivity index (χ4v) is 1.20. The third-order valence-corrected chi connectivity index (χ3v) is 2.22. The molecule has 3 nitrogen and oxygen atoms in total. The monoisotopic (exact) mass is 188 g/mol. The second-order valence-corrected chi connectivity index (χ2v) is 4.15. The van der Waals surface area contributed by atoms with Gasteiger partial charge in [0.1, 0.15) is 0 Å². The van der Waals surface area contributed by atoms with Gasteiger partial charge in [0.05, 0.1) is 6.10 Å². The van der Waals surface area contributed by atoms with Crippen molar-refractivity contribution in [2.75, 3.05) is 6.54 Å². The number of aliphatic hydroxyl groups is 1. The molecule has 1 fully saturated rings. The molecule has 0 radical (unpaired) electrons. The maximum Gasteiger partial charge on any atom is 0.166 e. The summed E-state index contributed by atoms with van der Waals surface area (Å²) in [5, 5.41) is 15.8. The topological polar surface area (TPSA) is 44.3 Å². The van der Waals surface area contributed by atoms with E-state index in [9.17, 15) is 0 Å². The van der Waals surface area contributed by atoms with Crippen molar-refractivity contribution in [1.29, 1.82) is 0 Å². The van der Waals surface area contributed by atoms with Crippen LogP contribution in [0.15, 0.2) is 0 Å². The zero-order chi connectivity index (χ0) is 9.19. The van der Waals surface area contributed by atoms with Gasteiger partial charge in [-0.3, -0.25) is 0 Å². The molecule has 1 aliphatic carbocycles. The number of hydrogen-bond acceptors (Lipinski definition) is 2. The molecule has 3 N–H and O–H groups in total. The summed E-state index contributed by atoms with van der Waals surface area (Å²) in [6.07, 6.45) is 2.02. The Morgan fingerprint density at radius 1 is 1.67 bits per heavy atom. The Morgan fingerprint density at radius 2 is 2.25 bits per heavy atom.